The molecule has 0 aliphatic carbocycles. The van der Waals surface area contributed by atoms with Crippen molar-refractivity contribution < 1.29 is 17.9 Å². The lowest BCUT2D eigenvalue weighted by atomic mass is 10.0. The van der Waals surface area contributed by atoms with E-state index in [2.05, 4.69) is 10.3 Å². The van der Waals surface area contributed by atoms with E-state index in [4.69, 9.17) is 10.00 Å². The molecule has 0 bridgehead atoms. The largest absolute Gasteiger partial charge is 0.416 e. The van der Waals surface area contributed by atoms with Crippen molar-refractivity contribution >= 4 is 5.82 Å². The van der Waals surface area contributed by atoms with Crippen LogP contribution < -0.4 is 5.32 Å². The number of nitriles is 1. The van der Waals surface area contributed by atoms with Gasteiger partial charge in [-0.05, 0) is 29.8 Å². The lowest BCUT2D eigenvalue weighted by Gasteiger charge is -2.20. The number of rotatable bonds is 5. The Morgan fingerprint density at radius 1 is 1.30 bits per heavy atom. The minimum atomic E-state index is -4.40. The van der Waals surface area contributed by atoms with Crippen LogP contribution in [0.15, 0.2) is 42.6 Å². The summed E-state index contributed by atoms with van der Waals surface area (Å²) in [4.78, 5) is 4.06. The third-order valence-corrected chi connectivity index (χ3v) is 3.16. The topological polar surface area (TPSA) is 57.9 Å². The molecule has 1 aromatic carbocycles. The van der Waals surface area contributed by atoms with Crippen LogP contribution in [0.2, 0.25) is 0 Å². The Labute approximate surface area is 131 Å². The molecular formula is C16H14F3N3O. The molecule has 1 atom stereocenters. The van der Waals surface area contributed by atoms with Gasteiger partial charge in [0.2, 0.25) is 0 Å². The maximum absolute atomic E-state index is 12.8. The van der Waals surface area contributed by atoms with Gasteiger partial charge in [0.1, 0.15) is 11.9 Å². The van der Waals surface area contributed by atoms with Gasteiger partial charge in [-0.2, -0.15) is 18.4 Å². The van der Waals surface area contributed by atoms with Gasteiger partial charge in [-0.3, -0.25) is 0 Å². The predicted molar refractivity (Wildman–Crippen MR) is 78.6 cm³/mol. The summed E-state index contributed by atoms with van der Waals surface area (Å²) in [6, 6.07) is 9.67. The molecule has 2 rings (SSSR count). The summed E-state index contributed by atoms with van der Waals surface area (Å²) in [6.45, 7) is 0.170. The fourth-order valence-corrected chi connectivity index (χ4v) is 2.04. The van der Waals surface area contributed by atoms with E-state index in [1.165, 1.54) is 19.4 Å². The Kier molecular flexibility index (Phi) is 5.19. The van der Waals surface area contributed by atoms with E-state index >= 15 is 0 Å². The number of nitrogens with one attached hydrogen (secondary N) is 1. The Morgan fingerprint density at radius 2 is 2.09 bits per heavy atom. The van der Waals surface area contributed by atoms with E-state index in [1.807, 2.05) is 6.07 Å². The van der Waals surface area contributed by atoms with Gasteiger partial charge >= 0.3 is 6.18 Å². The smallest absolute Gasteiger partial charge is 0.382 e. The molecule has 120 valence electrons. The molecule has 0 saturated carbocycles. The summed E-state index contributed by atoms with van der Waals surface area (Å²) < 4.78 is 43.6. The zero-order valence-corrected chi connectivity index (χ0v) is 12.3. The number of hydrogen-bond donors (Lipinski definition) is 1. The maximum Gasteiger partial charge on any atom is 0.416 e. The predicted octanol–water partition coefficient (Wildman–Crippen LogP) is 3.77. The average Bonchev–Trinajstić information content (AvgIpc) is 2.54. The average molecular weight is 321 g/mol. The van der Waals surface area contributed by atoms with Gasteiger partial charge in [0.25, 0.3) is 0 Å². The summed E-state index contributed by atoms with van der Waals surface area (Å²) in [5.74, 6) is 0.448. The highest BCUT2D eigenvalue weighted by molar-refractivity contribution is 5.42. The number of hydrogen-bond acceptors (Lipinski definition) is 4. The van der Waals surface area contributed by atoms with E-state index in [9.17, 15) is 13.2 Å². The first-order chi connectivity index (χ1) is 10.9. The van der Waals surface area contributed by atoms with Crippen molar-refractivity contribution in [3.05, 3.63) is 59.3 Å². The maximum atomic E-state index is 12.8. The number of anilines is 1. The minimum absolute atomic E-state index is 0.170. The molecule has 0 aliphatic heterocycles. The lowest BCUT2D eigenvalue weighted by Crippen LogP contribution is -2.18. The van der Waals surface area contributed by atoms with E-state index in [0.717, 1.165) is 12.1 Å². The van der Waals surface area contributed by atoms with Crippen LogP contribution in [0, 0.1) is 11.3 Å². The minimum Gasteiger partial charge on any atom is -0.382 e. The Balaban J connectivity index is 2.25. The van der Waals surface area contributed by atoms with Crippen LogP contribution in [0.3, 0.4) is 0 Å². The van der Waals surface area contributed by atoms with E-state index < -0.39 is 17.8 Å². The van der Waals surface area contributed by atoms with Crippen LogP contribution in [0.5, 0.6) is 0 Å². The van der Waals surface area contributed by atoms with Crippen molar-refractivity contribution in [3.63, 3.8) is 0 Å². The molecule has 0 spiro atoms. The molecule has 23 heavy (non-hydrogen) atoms. The van der Waals surface area contributed by atoms with Gasteiger partial charge in [-0.1, -0.05) is 12.1 Å². The van der Waals surface area contributed by atoms with Crippen molar-refractivity contribution in [3.8, 4) is 6.07 Å². The molecule has 0 radical (unpaired) electrons. The third kappa shape index (κ3) is 4.44. The monoisotopic (exact) mass is 321 g/mol. The molecule has 1 unspecified atom stereocenters. The zero-order chi connectivity index (χ0) is 16.9. The van der Waals surface area contributed by atoms with Crippen molar-refractivity contribution in [2.75, 3.05) is 19.0 Å². The molecular weight excluding hydrogens is 307 g/mol. The lowest BCUT2D eigenvalue weighted by molar-refractivity contribution is -0.137. The van der Waals surface area contributed by atoms with Gasteiger partial charge < -0.3 is 10.1 Å². The Bertz CT molecular complexity index is 693. The normalized spacial score (nSPS) is 12.5. The number of aromatic nitrogens is 1. The molecule has 2 aromatic rings. The molecule has 7 heteroatoms. The van der Waals surface area contributed by atoms with E-state index in [0.29, 0.717) is 16.9 Å². The van der Waals surface area contributed by atoms with Gasteiger partial charge in [-0.25, -0.2) is 4.98 Å². The molecule has 0 fully saturated rings. The molecule has 0 saturated heterocycles. The van der Waals surface area contributed by atoms with Crippen molar-refractivity contribution in [1.82, 2.24) is 4.98 Å². The van der Waals surface area contributed by atoms with Crippen molar-refractivity contribution in [2.24, 2.45) is 0 Å². The molecule has 4 nitrogen and oxygen atoms in total. The van der Waals surface area contributed by atoms with E-state index in [-0.39, 0.29) is 6.61 Å². The Morgan fingerprint density at radius 3 is 2.65 bits per heavy atom. The number of benzene rings is 1. The number of halogens is 3. The highest BCUT2D eigenvalue weighted by atomic mass is 19.4. The second-order valence-electron chi connectivity index (χ2n) is 4.82. The van der Waals surface area contributed by atoms with Gasteiger partial charge in [0, 0.05) is 13.3 Å². The molecule has 1 heterocycles. The fourth-order valence-electron chi connectivity index (χ4n) is 2.04. The van der Waals surface area contributed by atoms with Crippen molar-refractivity contribution in [1.29, 1.82) is 5.26 Å². The van der Waals surface area contributed by atoms with Gasteiger partial charge in [0.05, 0.1) is 23.8 Å². The van der Waals surface area contributed by atoms with Crippen LogP contribution in [0.25, 0.3) is 0 Å². The molecule has 1 N–H and O–H groups in total. The number of ether oxygens (including phenoxy) is 1. The van der Waals surface area contributed by atoms with Gasteiger partial charge in [-0.15, -0.1) is 0 Å². The van der Waals surface area contributed by atoms with E-state index in [1.54, 1.807) is 18.2 Å². The Hall–Kier alpha value is -2.59. The highest BCUT2D eigenvalue weighted by Crippen LogP contribution is 2.31. The van der Waals surface area contributed by atoms with Crippen molar-refractivity contribution in [2.45, 2.75) is 12.2 Å². The first kappa shape index (κ1) is 16.8. The number of pyridine rings is 1. The highest BCUT2D eigenvalue weighted by Gasteiger charge is 2.31. The van der Waals surface area contributed by atoms with Crippen LogP contribution in [0.4, 0.5) is 19.0 Å². The summed E-state index contributed by atoms with van der Waals surface area (Å²) in [5, 5.41) is 11.8. The quantitative estimate of drug-likeness (QED) is 0.911. The summed E-state index contributed by atoms with van der Waals surface area (Å²) in [7, 11) is 1.47. The number of methoxy groups -OCH3 is 1. The van der Waals surface area contributed by atoms with Crippen LogP contribution in [-0.4, -0.2) is 18.7 Å². The van der Waals surface area contributed by atoms with Crippen LogP contribution in [-0.2, 0) is 10.9 Å². The molecule has 1 aromatic heterocycles. The second-order valence-corrected chi connectivity index (χ2v) is 4.82. The van der Waals surface area contributed by atoms with Crippen LogP contribution >= 0.6 is 0 Å². The van der Waals surface area contributed by atoms with Gasteiger partial charge in [0.15, 0.2) is 0 Å². The second kappa shape index (κ2) is 7.11. The van der Waals surface area contributed by atoms with Crippen LogP contribution in [0.1, 0.15) is 22.7 Å². The first-order valence-corrected chi connectivity index (χ1v) is 6.73. The summed E-state index contributed by atoms with van der Waals surface area (Å²) >= 11 is 0. The summed E-state index contributed by atoms with van der Waals surface area (Å²) in [5.41, 5.74) is 0.122. The zero-order valence-electron chi connectivity index (χ0n) is 12.3. The standard InChI is InChI=1S/C16H14F3N3O/c1-23-10-14(22-15-6-5-11(8-20)9-21-15)12-3-2-4-13(7-12)16(17,18)19/h2-7,9,14H,10H2,1H3,(H,21,22). The first-order valence-electron chi connectivity index (χ1n) is 6.73. The third-order valence-electron chi connectivity index (χ3n) is 3.16. The summed E-state index contributed by atoms with van der Waals surface area (Å²) in [6.07, 6.45) is -3.02. The molecule has 0 amide bonds. The number of alkyl halides is 3. The number of nitrogens with zero attached hydrogens (tertiary/aromatic N) is 2. The fraction of sp³-hybridized carbons (Fsp3) is 0.250. The SMILES string of the molecule is COCC(Nc1ccc(C#N)cn1)c1cccc(C(F)(F)F)c1. The molecule has 0 aliphatic rings.